The highest BCUT2D eigenvalue weighted by molar-refractivity contribution is 5.82. The first-order chi connectivity index (χ1) is 8.88. The van der Waals surface area contributed by atoms with E-state index >= 15 is 0 Å². The van der Waals surface area contributed by atoms with E-state index in [1.54, 1.807) is 0 Å². The van der Waals surface area contributed by atoms with Gasteiger partial charge in [-0.05, 0) is 43.9 Å². The molecule has 1 heterocycles. The molecule has 1 amide bonds. The van der Waals surface area contributed by atoms with E-state index in [0.29, 0.717) is 6.04 Å². The van der Waals surface area contributed by atoms with Crippen LogP contribution < -0.4 is 10.6 Å². The third-order valence-electron chi connectivity index (χ3n) is 5.12. The molecule has 0 aromatic carbocycles. The summed E-state index contributed by atoms with van der Waals surface area (Å²) in [6.45, 7) is 8.61. The number of hydrogen-bond acceptors (Lipinski definition) is 2. The van der Waals surface area contributed by atoms with E-state index < -0.39 is 0 Å². The van der Waals surface area contributed by atoms with Crippen molar-refractivity contribution in [1.29, 1.82) is 0 Å². The van der Waals surface area contributed by atoms with E-state index in [9.17, 15) is 4.79 Å². The maximum atomic E-state index is 12.4. The molecule has 1 saturated carbocycles. The van der Waals surface area contributed by atoms with Gasteiger partial charge < -0.3 is 10.6 Å². The summed E-state index contributed by atoms with van der Waals surface area (Å²) in [6.07, 6.45) is 7.53. The monoisotopic (exact) mass is 266 g/mol. The van der Waals surface area contributed by atoms with E-state index in [1.165, 1.54) is 32.1 Å². The summed E-state index contributed by atoms with van der Waals surface area (Å²) < 4.78 is 0. The van der Waals surface area contributed by atoms with Crippen LogP contribution in [-0.4, -0.2) is 24.0 Å². The molecule has 0 aromatic heterocycles. The predicted octanol–water partition coefficient (Wildman–Crippen LogP) is 2.85. The summed E-state index contributed by atoms with van der Waals surface area (Å²) >= 11 is 0. The fourth-order valence-electron chi connectivity index (χ4n) is 3.23. The summed E-state index contributed by atoms with van der Waals surface area (Å²) in [7, 11) is 0. The number of nitrogens with one attached hydrogen (secondary N) is 2. The second kappa shape index (κ2) is 5.82. The van der Waals surface area contributed by atoms with Gasteiger partial charge in [-0.2, -0.15) is 0 Å². The number of carbonyl (C=O) groups excluding carboxylic acids is 1. The molecule has 3 nitrogen and oxygen atoms in total. The third kappa shape index (κ3) is 3.71. The fourth-order valence-corrected chi connectivity index (χ4v) is 3.23. The average Bonchev–Trinajstić information content (AvgIpc) is 2.37. The molecule has 110 valence electrons. The Morgan fingerprint density at radius 2 is 1.84 bits per heavy atom. The van der Waals surface area contributed by atoms with Gasteiger partial charge in [-0.1, -0.05) is 33.6 Å². The highest BCUT2D eigenvalue weighted by atomic mass is 16.2. The summed E-state index contributed by atoms with van der Waals surface area (Å²) in [5.41, 5.74) is 0.123. The van der Waals surface area contributed by atoms with Crippen molar-refractivity contribution in [2.75, 3.05) is 0 Å². The minimum absolute atomic E-state index is 0.0316. The van der Waals surface area contributed by atoms with Gasteiger partial charge in [0.25, 0.3) is 0 Å². The standard InChI is InChI=1S/C16H30N2O/c1-11(16(2,3)4)17-15(19)14-10-9-12-7-5-6-8-13(12)18-14/h11-14,18H,5-10H2,1-4H3,(H,17,19). The van der Waals surface area contributed by atoms with Crippen molar-refractivity contribution in [2.45, 2.75) is 84.3 Å². The Morgan fingerprint density at radius 3 is 2.53 bits per heavy atom. The number of amides is 1. The molecule has 2 N–H and O–H groups in total. The minimum atomic E-state index is 0.0316. The molecular weight excluding hydrogens is 236 g/mol. The normalized spacial score (nSPS) is 33.4. The van der Waals surface area contributed by atoms with Crippen molar-refractivity contribution in [1.82, 2.24) is 10.6 Å². The van der Waals surface area contributed by atoms with Gasteiger partial charge >= 0.3 is 0 Å². The van der Waals surface area contributed by atoms with Crippen molar-refractivity contribution in [3.8, 4) is 0 Å². The van der Waals surface area contributed by atoms with Crippen LogP contribution in [0.2, 0.25) is 0 Å². The van der Waals surface area contributed by atoms with Crippen LogP contribution >= 0.6 is 0 Å². The van der Waals surface area contributed by atoms with Crippen LogP contribution in [0, 0.1) is 11.3 Å². The lowest BCUT2D eigenvalue weighted by molar-refractivity contribution is -0.125. The second-order valence-corrected chi connectivity index (χ2v) is 7.54. The largest absolute Gasteiger partial charge is 0.352 e. The molecule has 2 fully saturated rings. The molecule has 4 unspecified atom stereocenters. The Balaban J connectivity index is 1.87. The van der Waals surface area contributed by atoms with E-state index in [1.807, 2.05) is 0 Å². The highest BCUT2D eigenvalue weighted by Gasteiger charge is 2.35. The van der Waals surface area contributed by atoms with Crippen LogP contribution in [0.15, 0.2) is 0 Å². The summed E-state index contributed by atoms with van der Waals surface area (Å²) in [5, 5.41) is 6.78. The molecule has 2 rings (SSSR count). The molecule has 0 bridgehead atoms. The van der Waals surface area contributed by atoms with Crippen LogP contribution in [0.1, 0.15) is 66.2 Å². The van der Waals surface area contributed by atoms with Crippen molar-refractivity contribution in [3.05, 3.63) is 0 Å². The van der Waals surface area contributed by atoms with Gasteiger partial charge in [0.2, 0.25) is 5.91 Å². The van der Waals surface area contributed by atoms with E-state index in [-0.39, 0.29) is 23.4 Å². The Labute approximate surface area is 117 Å². The maximum Gasteiger partial charge on any atom is 0.237 e. The second-order valence-electron chi connectivity index (χ2n) is 7.54. The van der Waals surface area contributed by atoms with Gasteiger partial charge in [-0.25, -0.2) is 0 Å². The molecule has 1 aliphatic heterocycles. The molecular formula is C16H30N2O. The quantitative estimate of drug-likeness (QED) is 0.807. The van der Waals surface area contributed by atoms with Crippen LogP contribution in [0.5, 0.6) is 0 Å². The third-order valence-corrected chi connectivity index (χ3v) is 5.12. The fraction of sp³-hybridized carbons (Fsp3) is 0.938. The minimum Gasteiger partial charge on any atom is -0.352 e. The lowest BCUT2D eigenvalue weighted by Crippen LogP contribution is -2.57. The molecule has 0 radical (unpaired) electrons. The highest BCUT2D eigenvalue weighted by Crippen LogP contribution is 2.32. The molecule has 3 heteroatoms. The predicted molar refractivity (Wildman–Crippen MR) is 79.0 cm³/mol. The van der Waals surface area contributed by atoms with Crippen molar-refractivity contribution >= 4 is 5.91 Å². The molecule has 0 aromatic rings. The van der Waals surface area contributed by atoms with E-state index in [4.69, 9.17) is 0 Å². The summed E-state index contributed by atoms with van der Waals surface area (Å²) in [6, 6.07) is 0.832. The van der Waals surface area contributed by atoms with Gasteiger partial charge in [-0.3, -0.25) is 4.79 Å². The van der Waals surface area contributed by atoms with Gasteiger partial charge in [-0.15, -0.1) is 0 Å². The first-order valence-corrected chi connectivity index (χ1v) is 7.94. The SMILES string of the molecule is CC(NC(=O)C1CCC2CCCCC2N1)C(C)(C)C. The van der Waals surface area contributed by atoms with Crippen LogP contribution in [0.25, 0.3) is 0 Å². The number of fused-ring (bicyclic) bond motifs is 1. The van der Waals surface area contributed by atoms with Gasteiger partial charge in [0.05, 0.1) is 6.04 Å². The Kier molecular flexibility index (Phi) is 4.54. The van der Waals surface area contributed by atoms with Crippen LogP contribution in [-0.2, 0) is 4.79 Å². The van der Waals surface area contributed by atoms with E-state index in [2.05, 4.69) is 38.3 Å². The Hall–Kier alpha value is -0.570. The zero-order chi connectivity index (χ0) is 14.0. The lowest BCUT2D eigenvalue weighted by Gasteiger charge is -2.40. The summed E-state index contributed by atoms with van der Waals surface area (Å²) in [4.78, 5) is 12.4. The molecule has 2 aliphatic rings. The number of rotatable bonds is 2. The van der Waals surface area contributed by atoms with Gasteiger partial charge in [0, 0.05) is 12.1 Å². The first-order valence-electron chi connectivity index (χ1n) is 7.94. The summed E-state index contributed by atoms with van der Waals surface area (Å²) in [5.74, 6) is 1.02. The zero-order valence-corrected chi connectivity index (χ0v) is 13.0. The maximum absolute atomic E-state index is 12.4. The first kappa shape index (κ1) is 14.8. The van der Waals surface area contributed by atoms with Crippen molar-refractivity contribution in [3.63, 3.8) is 0 Å². The Morgan fingerprint density at radius 1 is 1.16 bits per heavy atom. The van der Waals surface area contributed by atoms with Crippen molar-refractivity contribution < 1.29 is 4.79 Å². The van der Waals surface area contributed by atoms with Gasteiger partial charge in [0.15, 0.2) is 0 Å². The van der Waals surface area contributed by atoms with Crippen LogP contribution in [0.4, 0.5) is 0 Å². The topological polar surface area (TPSA) is 41.1 Å². The average molecular weight is 266 g/mol. The molecule has 19 heavy (non-hydrogen) atoms. The number of hydrogen-bond donors (Lipinski definition) is 2. The number of carbonyl (C=O) groups is 1. The van der Waals surface area contributed by atoms with Crippen molar-refractivity contribution in [2.24, 2.45) is 11.3 Å². The zero-order valence-electron chi connectivity index (χ0n) is 13.0. The van der Waals surface area contributed by atoms with Gasteiger partial charge in [0.1, 0.15) is 0 Å². The molecule has 4 atom stereocenters. The van der Waals surface area contributed by atoms with E-state index in [0.717, 1.165) is 12.3 Å². The smallest absolute Gasteiger partial charge is 0.237 e. The molecule has 1 aliphatic carbocycles. The Bertz CT molecular complexity index is 321. The molecule has 0 spiro atoms. The lowest BCUT2D eigenvalue weighted by atomic mass is 9.77. The number of piperidine rings is 1. The van der Waals surface area contributed by atoms with Crippen LogP contribution in [0.3, 0.4) is 0 Å². The molecule has 1 saturated heterocycles.